The summed E-state index contributed by atoms with van der Waals surface area (Å²) in [6, 6.07) is 3.23. The fraction of sp³-hybridized carbons (Fsp3) is 0.556. The number of amides is 3. The molecule has 2 rings (SSSR count). The number of nitrogens with zero attached hydrogens (tertiary/aromatic N) is 2. The molecule has 2 heterocycles. The molecule has 2 atom stereocenters. The molecule has 1 fully saturated rings. The molecule has 0 aromatic carbocycles. The van der Waals surface area contributed by atoms with Gasteiger partial charge in [0.05, 0.1) is 12.0 Å². The largest absolute Gasteiger partial charge is 0.466 e. The summed E-state index contributed by atoms with van der Waals surface area (Å²) in [5.74, 6) is 1.61. The van der Waals surface area contributed by atoms with E-state index in [1.807, 2.05) is 26.0 Å². The zero-order valence-corrected chi connectivity index (χ0v) is 15.4. The van der Waals surface area contributed by atoms with E-state index in [0.717, 1.165) is 31.2 Å². The highest BCUT2D eigenvalue weighted by Gasteiger charge is 2.36. The number of carbonyl (C=O) groups is 2. The first-order valence-corrected chi connectivity index (χ1v) is 8.50. The Balaban J connectivity index is 2.08. The first kappa shape index (κ1) is 19.1. The Morgan fingerprint density at radius 2 is 2.16 bits per heavy atom. The summed E-state index contributed by atoms with van der Waals surface area (Å²) in [6.07, 6.45) is 2.10. The number of nitrogens with one attached hydrogen (secondary N) is 1. The van der Waals surface area contributed by atoms with Crippen LogP contribution in [-0.4, -0.2) is 61.0 Å². The maximum Gasteiger partial charge on any atom is 0.314 e. The Morgan fingerprint density at radius 1 is 1.44 bits per heavy atom. The van der Waals surface area contributed by atoms with Gasteiger partial charge < -0.3 is 20.4 Å². The van der Waals surface area contributed by atoms with Gasteiger partial charge in [-0.15, -0.1) is 0 Å². The Morgan fingerprint density at radius 3 is 2.72 bits per heavy atom. The monoisotopic (exact) mass is 348 g/mol. The van der Waals surface area contributed by atoms with E-state index in [9.17, 15) is 9.59 Å². The lowest BCUT2D eigenvalue weighted by Crippen LogP contribution is -2.46. The van der Waals surface area contributed by atoms with Gasteiger partial charge in [0.15, 0.2) is 0 Å². The first-order valence-electron chi connectivity index (χ1n) is 8.50. The number of hydrogen-bond acceptors (Lipinski definition) is 4. The summed E-state index contributed by atoms with van der Waals surface area (Å²) in [5.41, 5.74) is 6.47. The van der Waals surface area contributed by atoms with E-state index in [1.54, 1.807) is 0 Å². The van der Waals surface area contributed by atoms with E-state index >= 15 is 0 Å². The van der Waals surface area contributed by atoms with Gasteiger partial charge in [-0.3, -0.25) is 9.69 Å². The SMILES string of the molecule is C/C=C(\C)CN1C[C@H](NC(=O)CN(C)C(N)=O)[C@@H](c2ccc(C)o2)C1. The third-order valence-electron chi connectivity index (χ3n) is 4.59. The normalized spacial score (nSPS) is 21.4. The van der Waals surface area contributed by atoms with Gasteiger partial charge in [-0.25, -0.2) is 4.79 Å². The van der Waals surface area contributed by atoms with Crippen molar-refractivity contribution in [1.82, 2.24) is 15.1 Å². The molecular weight excluding hydrogens is 320 g/mol. The molecule has 0 aliphatic carbocycles. The Kier molecular flexibility index (Phi) is 6.25. The summed E-state index contributed by atoms with van der Waals surface area (Å²) in [4.78, 5) is 26.9. The molecule has 1 saturated heterocycles. The fourth-order valence-electron chi connectivity index (χ4n) is 3.09. The minimum atomic E-state index is -0.620. The molecule has 1 aromatic heterocycles. The molecule has 3 N–H and O–H groups in total. The van der Waals surface area contributed by atoms with Crippen LogP contribution in [-0.2, 0) is 4.79 Å². The average Bonchev–Trinajstić information content (AvgIpc) is 3.13. The second kappa shape index (κ2) is 8.20. The zero-order valence-electron chi connectivity index (χ0n) is 15.4. The van der Waals surface area contributed by atoms with Crippen LogP contribution in [0.5, 0.6) is 0 Å². The van der Waals surface area contributed by atoms with E-state index in [4.69, 9.17) is 10.2 Å². The Labute approximate surface area is 148 Å². The Hall–Kier alpha value is -2.28. The number of hydrogen-bond donors (Lipinski definition) is 2. The van der Waals surface area contributed by atoms with Crippen LogP contribution in [0.3, 0.4) is 0 Å². The molecule has 25 heavy (non-hydrogen) atoms. The molecule has 1 aromatic rings. The van der Waals surface area contributed by atoms with Crippen molar-refractivity contribution < 1.29 is 14.0 Å². The molecular formula is C18H28N4O3. The second-order valence-corrected chi connectivity index (χ2v) is 6.75. The molecule has 0 radical (unpaired) electrons. The fourth-order valence-corrected chi connectivity index (χ4v) is 3.09. The van der Waals surface area contributed by atoms with Crippen LogP contribution in [0.1, 0.15) is 31.3 Å². The van der Waals surface area contributed by atoms with Crippen LogP contribution in [0.2, 0.25) is 0 Å². The average molecular weight is 348 g/mol. The van der Waals surface area contributed by atoms with E-state index in [2.05, 4.69) is 23.2 Å². The van der Waals surface area contributed by atoms with Gasteiger partial charge in [0.25, 0.3) is 0 Å². The topological polar surface area (TPSA) is 91.8 Å². The lowest BCUT2D eigenvalue weighted by Gasteiger charge is -2.20. The number of aryl methyl sites for hydroxylation is 1. The number of primary amides is 1. The van der Waals surface area contributed by atoms with Crippen molar-refractivity contribution in [3.05, 3.63) is 35.3 Å². The maximum absolute atomic E-state index is 12.3. The van der Waals surface area contributed by atoms with Gasteiger partial charge in [0.1, 0.15) is 18.1 Å². The highest BCUT2D eigenvalue weighted by Crippen LogP contribution is 2.29. The van der Waals surface area contributed by atoms with Crippen molar-refractivity contribution in [3.8, 4) is 0 Å². The third kappa shape index (κ3) is 5.09. The highest BCUT2D eigenvalue weighted by molar-refractivity contribution is 5.83. The summed E-state index contributed by atoms with van der Waals surface area (Å²) >= 11 is 0. The number of nitrogens with two attached hydrogens (primary N) is 1. The highest BCUT2D eigenvalue weighted by atomic mass is 16.3. The molecule has 1 aliphatic heterocycles. The summed E-state index contributed by atoms with van der Waals surface area (Å²) in [7, 11) is 1.51. The number of likely N-dealkylation sites (N-methyl/N-ethyl adjacent to an activating group) is 1. The van der Waals surface area contributed by atoms with E-state index in [0.29, 0.717) is 0 Å². The quantitative estimate of drug-likeness (QED) is 0.761. The molecule has 7 heteroatoms. The van der Waals surface area contributed by atoms with Crippen molar-refractivity contribution in [2.24, 2.45) is 5.73 Å². The molecule has 3 amide bonds. The van der Waals surface area contributed by atoms with Gasteiger partial charge in [-0.05, 0) is 32.9 Å². The molecule has 0 spiro atoms. The minimum absolute atomic E-state index is 0.0520. The van der Waals surface area contributed by atoms with Crippen LogP contribution < -0.4 is 11.1 Å². The van der Waals surface area contributed by atoms with Crippen LogP contribution in [0.25, 0.3) is 0 Å². The molecule has 7 nitrogen and oxygen atoms in total. The molecule has 0 unspecified atom stereocenters. The summed E-state index contributed by atoms with van der Waals surface area (Å²) in [6.45, 7) is 8.40. The van der Waals surface area contributed by atoms with E-state index in [1.165, 1.54) is 17.5 Å². The van der Waals surface area contributed by atoms with Crippen LogP contribution in [0, 0.1) is 6.92 Å². The van der Waals surface area contributed by atoms with E-state index in [-0.39, 0.29) is 24.4 Å². The lowest BCUT2D eigenvalue weighted by atomic mass is 10.0. The molecule has 0 bridgehead atoms. The molecule has 1 aliphatic rings. The number of rotatable bonds is 6. The first-order chi connectivity index (χ1) is 11.8. The van der Waals surface area contributed by atoms with Crippen LogP contribution in [0.15, 0.2) is 28.2 Å². The van der Waals surface area contributed by atoms with Gasteiger partial charge in [0, 0.05) is 26.7 Å². The number of allylic oxidation sites excluding steroid dienone is 1. The van der Waals surface area contributed by atoms with Crippen molar-refractivity contribution in [2.75, 3.05) is 33.2 Å². The van der Waals surface area contributed by atoms with Crippen LogP contribution >= 0.6 is 0 Å². The standard InChI is InChI=1S/C18H28N4O3/c1-5-12(2)8-22-9-14(16-7-6-13(3)25-16)15(10-22)20-17(23)11-21(4)18(19)24/h5-7,14-15H,8-11H2,1-4H3,(H2,19,24)(H,20,23)/b12-5+/t14-,15-/m0/s1. The third-order valence-corrected chi connectivity index (χ3v) is 4.59. The van der Waals surface area contributed by atoms with E-state index < -0.39 is 6.03 Å². The van der Waals surface area contributed by atoms with Crippen molar-refractivity contribution >= 4 is 11.9 Å². The molecule has 138 valence electrons. The van der Waals surface area contributed by atoms with Gasteiger partial charge in [-0.2, -0.15) is 0 Å². The van der Waals surface area contributed by atoms with Crippen molar-refractivity contribution in [1.29, 1.82) is 0 Å². The van der Waals surface area contributed by atoms with Gasteiger partial charge in [-0.1, -0.05) is 11.6 Å². The number of furan rings is 1. The van der Waals surface area contributed by atoms with Gasteiger partial charge >= 0.3 is 6.03 Å². The minimum Gasteiger partial charge on any atom is -0.466 e. The number of likely N-dealkylation sites (tertiary alicyclic amines) is 1. The zero-order chi connectivity index (χ0) is 18.6. The summed E-state index contributed by atoms with van der Waals surface area (Å²) < 4.78 is 5.80. The van der Waals surface area contributed by atoms with Crippen molar-refractivity contribution in [2.45, 2.75) is 32.7 Å². The molecule has 0 saturated carbocycles. The maximum atomic E-state index is 12.3. The predicted molar refractivity (Wildman–Crippen MR) is 96.2 cm³/mol. The number of carbonyl (C=O) groups excluding carboxylic acids is 2. The van der Waals surface area contributed by atoms with Crippen LogP contribution in [0.4, 0.5) is 4.79 Å². The van der Waals surface area contributed by atoms with Gasteiger partial charge in [0.2, 0.25) is 5.91 Å². The predicted octanol–water partition coefficient (Wildman–Crippen LogP) is 1.45. The summed E-state index contributed by atoms with van der Waals surface area (Å²) in [5, 5.41) is 3.03. The number of urea groups is 1. The van der Waals surface area contributed by atoms with Crippen molar-refractivity contribution in [3.63, 3.8) is 0 Å². The lowest BCUT2D eigenvalue weighted by molar-refractivity contribution is -0.122. The smallest absolute Gasteiger partial charge is 0.314 e. The Bertz CT molecular complexity index is 653. The second-order valence-electron chi connectivity index (χ2n) is 6.75.